The highest BCUT2D eigenvalue weighted by molar-refractivity contribution is 7.92. The number of rotatable bonds is 8. The van der Waals surface area contributed by atoms with Crippen LogP contribution in [0.2, 0.25) is 0 Å². The van der Waals surface area contributed by atoms with Gasteiger partial charge in [0.05, 0.1) is 10.6 Å². The van der Waals surface area contributed by atoms with E-state index in [0.29, 0.717) is 17.8 Å². The number of para-hydroxylation sites is 1. The summed E-state index contributed by atoms with van der Waals surface area (Å²) in [6.45, 7) is 5.66. The maximum absolute atomic E-state index is 13.7. The van der Waals surface area contributed by atoms with Crippen LogP contribution in [0.5, 0.6) is 0 Å². The van der Waals surface area contributed by atoms with Gasteiger partial charge in [-0.05, 0) is 80.6 Å². The molecule has 0 atom stereocenters. The van der Waals surface area contributed by atoms with Crippen LogP contribution in [-0.2, 0) is 21.2 Å². The van der Waals surface area contributed by atoms with Gasteiger partial charge in [-0.3, -0.25) is 9.10 Å². The molecule has 0 radical (unpaired) electrons. The van der Waals surface area contributed by atoms with E-state index in [-0.39, 0.29) is 11.4 Å². The lowest BCUT2D eigenvalue weighted by Gasteiger charge is -2.29. The van der Waals surface area contributed by atoms with Gasteiger partial charge in [-0.1, -0.05) is 42.8 Å². The van der Waals surface area contributed by atoms with Gasteiger partial charge in [0.2, 0.25) is 5.91 Å². The molecule has 4 rings (SSSR count). The maximum atomic E-state index is 13.7. The minimum Gasteiger partial charge on any atom is -0.372 e. The Labute approximate surface area is 208 Å². The summed E-state index contributed by atoms with van der Waals surface area (Å²) in [7, 11) is -3.95. The Kier molecular flexibility index (Phi) is 7.76. The fourth-order valence-electron chi connectivity index (χ4n) is 4.43. The van der Waals surface area contributed by atoms with E-state index in [2.05, 4.69) is 10.2 Å². The summed E-state index contributed by atoms with van der Waals surface area (Å²) in [4.78, 5) is 15.6. The van der Waals surface area contributed by atoms with Crippen molar-refractivity contribution in [2.45, 2.75) is 44.4 Å². The van der Waals surface area contributed by atoms with E-state index in [9.17, 15) is 13.2 Å². The summed E-state index contributed by atoms with van der Waals surface area (Å²) < 4.78 is 28.5. The monoisotopic (exact) mass is 491 g/mol. The lowest BCUT2D eigenvalue weighted by Crippen LogP contribution is -2.38. The second-order valence-corrected chi connectivity index (χ2v) is 10.8. The number of hydrogen-bond donors (Lipinski definition) is 1. The van der Waals surface area contributed by atoms with Gasteiger partial charge in [-0.15, -0.1) is 0 Å². The number of hydrogen-bond acceptors (Lipinski definition) is 4. The number of nitrogens with one attached hydrogen (secondary N) is 1. The number of carbonyl (C=O) groups excluding carboxylic acids is 1. The molecule has 0 aromatic heterocycles. The summed E-state index contributed by atoms with van der Waals surface area (Å²) in [5.41, 5.74) is 4.14. The summed E-state index contributed by atoms with van der Waals surface area (Å²) in [5.74, 6) is -0.391. The Hall–Kier alpha value is -3.32. The molecule has 0 aliphatic carbocycles. The van der Waals surface area contributed by atoms with Crippen molar-refractivity contribution in [2.75, 3.05) is 34.2 Å². The van der Waals surface area contributed by atoms with Crippen molar-refractivity contribution < 1.29 is 13.2 Å². The fourth-order valence-corrected chi connectivity index (χ4v) is 5.89. The number of aryl methyl sites for hydroxylation is 2. The maximum Gasteiger partial charge on any atom is 0.264 e. The molecule has 184 valence electrons. The Morgan fingerprint density at radius 3 is 2.23 bits per heavy atom. The molecule has 1 saturated heterocycles. The molecule has 0 saturated carbocycles. The molecule has 1 amide bonds. The summed E-state index contributed by atoms with van der Waals surface area (Å²) in [6.07, 6.45) is 4.31. The predicted molar refractivity (Wildman–Crippen MR) is 143 cm³/mol. The lowest BCUT2D eigenvalue weighted by molar-refractivity contribution is -0.114. The van der Waals surface area contributed by atoms with Crippen LogP contribution in [0.4, 0.5) is 17.1 Å². The van der Waals surface area contributed by atoms with Gasteiger partial charge in [0.1, 0.15) is 6.54 Å². The number of amides is 1. The Bertz CT molecular complexity index is 1250. The predicted octanol–water partition coefficient (Wildman–Crippen LogP) is 5.38. The second kappa shape index (κ2) is 11.0. The SMILES string of the molecule is CCc1ccccc1N(CC(=O)Nc1ccc(N2CCCCC2)cc1)S(=O)(=O)c1ccc(C)cc1. The van der Waals surface area contributed by atoms with Crippen LogP contribution in [-0.4, -0.2) is 34.0 Å². The van der Waals surface area contributed by atoms with E-state index in [0.717, 1.165) is 29.9 Å². The molecule has 6 nitrogen and oxygen atoms in total. The largest absolute Gasteiger partial charge is 0.372 e. The van der Waals surface area contributed by atoms with Gasteiger partial charge in [-0.2, -0.15) is 0 Å². The first-order chi connectivity index (χ1) is 16.9. The van der Waals surface area contributed by atoms with E-state index in [1.54, 1.807) is 36.4 Å². The van der Waals surface area contributed by atoms with Crippen LogP contribution in [0.3, 0.4) is 0 Å². The molecule has 0 unspecified atom stereocenters. The molecule has 1 heterocycles. The highest BCUT2D eigenvalue weighted by Gasteiger charge is 2.28. The van der Waals surface area contributed by atoms with Gasteiger partial charge in [0.25, 0.3) is 10.0 Å². The summed E-state index contributed by atoms with van der Waals surface area (Å²) in [6, 6.07) is 21.8. The minimum atomic E-state index is -3.95. The molecule has 7 heteroatoms. The molecule has 1 aliphatic heterocycles. The Morgan fingerprint density at radius 2 is 1.57 bits per heavy atom. The Morgan fingerprint density at radius 1 is 0.914 bits per heavy atom. The zero-order valence-corrected chi connectivity index (χ0v) is 21.2. The van der Waals surface area contributed by atoms with Crippen molar-refractivity contribution in [3.8, 4) is 0 Å². The number of carbonyl (C=O) groups is 1. The van der Waals surface area contributed by atoms with Crippen molar-refractivity contribution in [3.05, 3.63) is 83.9 Å². The van der Waals surface area contributed by atoms with E-state index in [1.807, 2.05) is 50.2 Å². The molecule has 35 heavy (non-hydrogen) atoms. The molecule has 0 spiro atoms. The average molecular weight is 492 g/mol. The third kappa shape index (κ3) is 5.85. The first-order valence-electron chi connectivity index (χ1n) is 12.2. The van der Waals surface area contributed by atoms with E-state index in [4.69, 9.17) is 0 Å². The van der Waals surface area contributed by atoms with Gasteiger partial charge in [-0.25, -0.2) is 8.42 Å². The highest BCUT2D eigenvalue weighted by atomic mass is 32.2. The van der Waals surface area contributed by atoms with Gasteiger partial charge >= 0.3 is 0 Å². The minimum absolute atomic E-state index is 0.160. The third-order valence-electron chi connectivity index (χ3n) is 6.41. The number of sulfonamides is 1. The van der Waals surface area contributed by atoms with Gasteiger partial charge in [0, 0.05) is 24.5 Å². The van der Waals surface area contributed by atoms with Crippen molar-refractivity contribution in [1.29, 1.82) is 0 Å². The van der Waals surface area contributed by atoms with Crippen LogP contribution in [0.25, 0.3) is 0 Å². The van der Waals surface area contributed by atoms with Crippen molar-refractivity contribution in [1.82, 2.24) is 0 Å². The normalized spacial score (nSPS) is 13.9. The molecular formula is C28H33N3O3S. The van der Waals surface area contributed by atoms with Crippen LogP contribution in [0.1, 0.15) is 37.3 Å². The van der Waals surface area contributed by atoms with E-state index >= 15 is 0 Å². The molecule has 0 bridgehead atoms. The number of nitrogens with zero attached hydrogens (tertiary/aromatic N) is 2. The topological polar surface area (TPSA) is 69.7 Å². The standard InChI is InChI=1S/C28H33N3O3S/c1-3-23-9-5-6-10-27(23)31(35(33,34)26-17-11-22(2)12-18-26)21-28(32)29-24-13-15-25(16-14-24)30-19-7-4-8-20-30/h5-6,9-18H,3-4,7-8,19-21H2,1-2H3,(H,29,32). The lowest BCUT2D eigenvalue weighted by atomic mass is 10.1. The quantitative estimate of drug-likeness (QED) is 0.459. The Balaban J connectivity index is 1.57. The molecule has 1 aliphatic rings. The number of piperidine rings is 1. The molecule has 1 fully saturated rings. The zero-order chi connectivity index (χ0) is 24.8. The first kappa shape index (κ1) is 24.8. The zero-order valence-electron chi connectivity index (χ0n) is 20.4. The summed E-state index contributed by atoms with van der Waals surface area (Å²) in [5, 5.41) is 2.88. The van der Waals surface area contributed by atoms with Crippen molar-refractivity contribution in [3.63, 3.8) is 0 Å². The number of benzene rings is 3. The highest BCUT2D eigenvalue weighted by Crippen LogP contribution is 2.28. The smallest absolute Gasteiger partial charge is 0.264 e. The first-order valence-corrected chi connectivity index (χ1v) is 13.6. The average Bonchev–Trinajstić information content (AvgIpc) is 2.88. The van der Waals surface area contributed by atoms with Gasteiger partial charge in [0.15, 0.2) is 0 Å². The number of anilines is 3. The van der Waals surface area contributed by atoms with Crippen LogP contribution < -0.4 is 14.5 Å². The van der Waals surface area contributed by atoms with E-state index in [1.165, 1.54) is 23.6 Å². The third-order valence-corrected chi connectivity index (χ3v) is 8.18. The van der Waals surface area contributed by atoms with Crippen LogP contribution in [0, 0.1) is 6.92 Å². The molecule has 3 aromatic rings. The van der Waals surface area contributed by atoms with Crippen LogP contribution >= 0.6 is 0 Å². The van der Waals surface area contributed by atoms with Crippen molar-refractivity contribution >= 4 is 33.0 Å². The molecular weight excluding hydrogens is 458 g/mol. The molecule has 1 N–H and O–H groups in total. The fraction of sp³-hybridized carbons (Fsp3) is 0.321. The molecule has 3 aromatic carbocycles. The van der Waals surface area contributed by atoms with Crippen molar-refractivity contribution in [2.24, 2.45) is 0 Å². The van der Waals surface area contributed by atoms with E-state index < -0.39 is 15.9 Å². The van der Waals surface area contributed by atoms with Gasteiger partial charge < -0.3 is 10.2 Å². The summed E-state index contributed by atoms with van der Waals surface area (Å²) >= 11 is 0. The second-order valence-electron chi connectivity index (χ2n) is 8.95. The van der Waals surface area contributed by atoms with Crippen LogP contribution in [0.15, 0.2) is 77.7 Å².